The molecule has 1 aromatic rings. The zero-order chi connectivity index (χ0) is 19.1. The SMILES string of the molecule is Cc1ccc(CN2CCN(C(=O)CC(C)C)[C@@H]3CS(=O)(=O)C[C@@H]32)cc1C. The van der Waals surface area contributed by atoms with Crippen molar-refractivity contribution in [3.8, 4) is 0 Å². The summed E-state index contributed by atoms with van der Waals surface area (Å²) in [6.07, 6.45) is 0.487. The van der Waals surface area contributed by atoms with Gasteiger partial charge in [-0.2, -0.15) is 0 Å². The standard InChI is InChI=1S/C20H30N2O3S/c1-14(2)9-20(23)22-8-7-21(18-12-26(24,25)13-19(18)22)11-17-6-5-15(3)16(4)10-17/h5-6,10,14,18-19H,7-9,11-13H2,1-4H3/t18-,19+/m0/s1. The third kappa shape index (κ3) is 4.12. The van der Waals surface area contributed by atoms with Crippen molar-refractivity contribution in [2.45, 2.75) is 52.7 Å². The lowest BCUT2D eigenvalue weighted by Crippen LogP contribution is -2.60. The fourth-order valence-corrected chi connectivity index (χ4v) is 6.15. The quantitative estimate of drug-likeness (QED) is 0.806. The highest BCUT2D eigenvalue weighted by molar-refractivity contribution is 7.91. The number of carbonyl (C=O) groups is 1. The molecule has 5 nitrogen and oxygen atoms in total. The van der Waals surface area contributed by atoms with E-state index in [1.54, 1.807) is 0 Å². The third-order valence-corrected chi connectivity index (χ3v) is 7.35. The van der Waals surface area contributed by atoms with Crippen LogP contribution < -0.4 is 0 Å². The van der Waals surface area contributed by atoms with Crippen LogP contribution in [0.2, 0.25) is 0 Å². The lowest BCUT2D eigenvalue weighted by molar-refractivity contribution is -0.137. The minimum atomic E-state index is -3.10. The monoisotopic (exact) mass is 378 g/mol. The summed E-state index contributed by atoms with van der Waals surface area (Å²) in [6.45, 7) is 10.3. The summed E-state index contributed by atoms with van der Waals surface area (Å²) in [7, 11) is -3.10. The summed E-state index contributed by atoms with van der Waals surface area (Å²) in [5.74, 6) is 0.643. The molecule has 0 radical (unpaired) electrons. The molecule has 2 aliphatic rings. The molecule has 3 rings (SSSR count). The highest BCUT2D eigenvalue weighted by Gasteiger charge is 2.47. The van der Waals surface area contributed by atoms with E-state index in [-0.39, 0.29) is 35.4 Å². The molecule has 2 atom stereocenters. The van der Waals surface area contributed by atoms with Gasteiger partial charge in [-0.25, -0.2) is 8.42 Å². The van der Waals surface area contributed by atoms with E-state index in [1.807, 2.05) is 18.7 Å². The largest absolute Gasteiger partial charge is 0.336 e. The van der Waals surface area contributed by atoms with Crippen LogP contribution in [0, 0.1) is 19.8 Å². The maximum absolute atomic E-state index is 12.6. The maximum Gasteiger partial charge on any atom is 0.223 e. The summed E-state index contributed by atoms with van der Waals surface area (Å²) in [6, 6.07) is 6.13. The number of hydrogen-bond donors (Lipinski definition) is 0. The number of carbonyl (C=O) groups excluding carboxylic acids is 1. The van der Waals surface area contributed by atoms with Crippen molar-refractivity contribution in [3.63, 3.8) is 0 Å². The van der Waals surface area contributed by atoms with Crippen LogP contribution in [0.1, 0.15) is 37.0 Å². The second-order valence-corrected chi connectivity index (χ2v) is 10.4. The first-order valence-electron chi connectivity index (χ1n) is 9.46. The summed E-state index contributed by atoms with van der Waals surface area (Å²) in [4.78, 5) is 16.7. The van der Waals surface area contributed by atoms with Crippen LogP contribution in [-0.2, 0) is 21.2 Å². The van der Waals surface area contributed by atoms with Gasteiger partial charge in [-0.1, -0.05) is 32.0 Å². The van der Waals surface area contributed by atoms with Crippen LogP contribution in [0.15, 0.2) is 18.2 Å². The fourth-order valence-electron chi connectivity index (χ4n) is 4.13. The van der Waals surface area contributed by atoms with Crippen molar-refractivity contribution < 1.29 is 13.2 Å². The maximum atomic E-state index is 12.6. The minimum absolute atomic E-state index is 0.0912. The van der Waals surface area contributed by atoms with E-state index in [4.69, 9.17) is 0 Å². The van der Waals surface area contributed by atoms with Crippen LogP contribution in [0.4, 0.5) is 0 Å². The van der Waals surface area contributed by atoms with Gasteiger partial charge in [0, 0.05) is 32.1 Å². The predicted octanol–water partition coefficient (Wildman–Crippen LogP) is 2.16. The number of aryl methyl sites for hydroxylation is 2. The average Bonchev–Trinajstić information content (AvgIpc) is 2.85. The molecule has 0 saturated carbocycles. The topological polar surface area (TPSA) is 57.7 Å². The molecule has 1 aromatic carbocycles. The lowest BCUT2D eigenvalue weighted by Gasteiger charge is -2.44. The Morgan fingerprint density at radius 1 is 1.12 bits per heavy atom. The first kappa shape index (κ1) is 19.4. The molecule has 2 heterocycles. The zero-order valence-electron chi connectivity index (χ0n) is 16.2. The van der Waals surface area contributed by atoms with E-state index in [9.17, 15) is 13.2 Å². The smallest absolute Gasteiger partial charge is 0.223 e. The minimum Gasteiger partial charge on any atom is -0.336 e. The Labute approximate surface area is 157 Å². The molecule has 2 aliphatic heterocycles. The van der Waals surface area contributed by atoms with Gasteiger partial charge >= 0.3 is 0 Å². The van der Waals surface area contributed by atoms with Crippen LogP contribution in [0.5, 0.6) is 0 Å². The Balaban J connectivity index is 1.80. The number of amides is 1. The van der Waals surface area contributed by atoms with Gasteiger partial charge < -0.3 is 4.90 Å². The van der Waals surface area contributed by atoms with Gasteiger partial charge in [0.15, 0.2) is 9.84 Å². The Bertz CT molecular complexity index is 788. The van der Waals surface area contributed by atoms with E-state index >= 15 is 0 Å². The number of rotatable bonds is 4. The Kier molecular flexibility index (Phi) is 5.45. The van der Waals surface area contributed by atoms with E-state index in [0.29, 0.717) is 13.0 Å². The van der Waals surface area contributed by atoms with E-state index < -0.39 is 9.84 Å². The van der Waals surface area contributed by atoms with Crippen molar-refractivity contribution in [1.82, 2.24) is 9.80 Å². The highest BCUT2D eigenvalue weighted by atomic mass is 32.2. The van der Waals surface area contributed by atoms with Crippen LogP contribution in [0.3, 0.4) is 0 Å². The Morgan fingerprint density at radius 3 is 2.46 bits per heavy atom. The average molecular weight is 379 g/mol. The number of benzene rings is 1. The van der Waals surface area contributed by atoms with Gasteiger partial charge in [0.25, 0.3) is 0 Å². The second kappa shape index (κ2) is 7.31. The summed E-state index contributed by atoms with van der Waals surface area (Å²) >= 11 is 0. The number of nitrogens with zero attached hydrogens (tertiary/aromatic N) is 2. The molecular weight excluding hydrogens is 348 g/mol. The first-order valence-corrected chi connectivity index (χ1v) is 11.3. The molecule has 0 spiro atoms. The molecule has 0 unspecified atom stereocenters. The molecule has 0 N–H and O–H groups in total. The van der Waals surface area contributed by atoms with Gasteiger partial charge in [-0.15, -0.1) is 0 Å². The van der Waals surface area contributed by atoms with Gasteiger partial charge in [-0.3, -0.25) is 9.69 Å². The number of sulfone groups is 1. The van der Waals surface area contributed by atoms with Gasteiger partial charge in [0.05, 0.1) is 17.5 Å². The van der Waals surface area contributed by atoms with E-state index in [0.717, 1.165) is 13.1 Å². The molecule has 0 bridgehead atoms. The van der Waals surface area contributed by atoms with Crippen molar-refractivity contribution in [2.75, 3.05) is 24.6 Å². The molecule has 0 aromatic heterocycles. The summed E-state index contributed by atoms with van der Waals surface area (Å²) < 4.78 is 24.6. The van der Waals surface area contributed by atoms with Crippen LogP contribution in [0.25, 0.3) is 0 Å². The summed E-state index contributed by atoms with van der Waals surface area (Å²) in [5.41, 5.74) is 3.72. The van der Waals surface area contributed by atoms with Crippen molar-refractivity contribution in [3.05, 3.63) is 34.9 Å². The third-order valence-electron chi connectivity index (χ3n) is 5.65. The molecule has 6 heteroatoms. The molecule has 2 fully saturated rings. The molecule has 1 amide bonds. The van der Waals surface area contributed by atoms with Gasteiger partial charge in [-0.05, 0) is 36.5 Å². The molecular formula is C20H30N2O3S. The van der Waals surface area contributed by atoms with Gasteiger partial charge in [0.2, 0.25) is 5.91 Å². The lowest BCUT2D eigenvalue weighted by atomic mass is 10.0. The van der Waals surface area contributed by atoms with Crippen molar-refractivity contribution in [1.29, 1.82) is 0 Å². The van der Waals surface area contributed by atoms with E-state index in [2.05, 4.69) is 36.9 Å². The number of piperazine rings is 1. The van der Waals surface area contributed by atoms with E-state index in [1.165, 1.54) is 16.7 Å². The molecule has 144 valence electrons. The van der Waals surface area contributed by atoms with Gasteiger partial charge in [0.1, 0.15) is 0 Å². The molecule has 26 heavy (non-hydrogen) atoms. The molecule has 2 saturated heterocycles. The number of hydrogen-bond acceptors (Lipinski definition) is 4. The Morgan fingerprint density at radius 2 is 1.81 bits per heavy atom. The normalized spacial score (nSPS) is 25.5. The van der Waals surface area contributed by atoms with Crippen LogP contribution in [-0.4, -0.2) is 60.8 Å². The second-order valence-electron chi connectivity index (χ2n) is 8.29. The van der Waals surface area contributed by atoms with Crippen molar-refractivity contribution >= 4 is 15.7 Å². The highest BCUT2D eigenvalue weighted by Crippen LogP contribution is 2.29. The zero-order valence-corrected chi connectivity index (χ0v) is 17.1. The predicted molar refractivity (Wildman–Crippen MR) is 104 cm³/mol. The number of fused-ring (bicyclic) bond motifs is 1. The fraction of sp³-hybridized carbons (Fsp3) is 0.650. The van der Waals surface area contributed by atoms with Crippen LogP contribution >= 0.6 is 0 Å². The summed E-state index contributed by atoms with van der Waals surface area (Å²) in [5, 5.41) is 0. The first-order chi connectivity index (χ1) is 12.2. The molecule has 0 aliphatic carbocycles. The Hall–Kier alpha value is -1.40. The van der Waals surface area contributed by atoms with Crippen molar-refractivity contribution in [2.24, 2.45) is 5.92 Å².